The number of primary amides is 1. The van der Waals surface area contributed by atoms with E-state index in [2.05, 4.69) is 4.72 Å². The summed E-state index contributed by atoms with van der Waals surface area (Å²) in [6.45, 7) is 0.614. The number of sulfonamides is 1. The molecule has 1 aliphatic heterocycles. The number of likely N-dealkylation sites (tertiary alicyclic amines) is 1. The minimum Gasteiger partial charge on any atom is -0.465 e. The van der Waals surface area contributed by atoms with Gasteiger partial charge in [-0.25, -0.2) is 17.9 Å². The Hall–Kier alpha value is -2.13. The van der Waals surface area contributed by atoms with Crippen molar-refractivity contribution in [3.8, 4) is 0 Å². The molecule has 0 saturated carbocycles. The number of carboxylic acid groups (broad SMARTS) is 1. The van der Waals surface area contributed by atoms with Gasteiger partial charge in [0, 0.05) is 24.7 Å². The first-order valence-electron chi connectivity index (χ1n) is 8.74. The Morgan fingerprint density at radius 1 is 1.12 bits per heavy atom. The number of rotatable bonds is 4. The summed E-state index contributed by atoms with van der Waals surface area (Å²) in [5, 5.41) is 8.99. The second kappa shape index (κ2) is 7.24. The van der Waals surface area contributed by atoms with Crippen molar-refractivity contribution in [2.24, 2.45) is 5.73 Å². The van der Waals surface area contributed by atoms with E-state index in [0.29, 0.717) is 49.9 Å². The van der Waals surface area contributed by atoms with Crippen LogP contribution in [0.1, 0.15) is 47.2 Å². The van der Waals surface area contributed by atoms with Crippen molar-refractivity contribution in [1.82, 2.24) is 9.62 Å². The second-order valence-electron chi connectivity index (χ2n) is 6.80. The zero-order chi connectivity index (χ0) is 18.9. The molecule has 1 aliphatic carbocycles. The molecule has 1 aromatic carbocycles. The molecule has 1 fully saturated rings. The summed E-state index contributed by atoms with van der Waals surface area (Å²) in [5.74, 6) is -0.541. The predicted octanol–water partition coefficient (Wildman–Crippen LogP) is 1.09. The van der Waals surface area contributed by atoms with Crippen molar-refractivity contribution in [2.45, 2.75) is 49.5 Å². The highest BCUT2D eigenvalue weighted by molar-refractivity contribution is 7.89. The standard InChI is InChI=1S/C17H23N3O5S/c18-16(21)14-5-6-15(13-4-2-1-3-12(13)14)26(24,25)19-11-7-9-20(10-8-11)17(22)23/h5-6,11,19H,1-4,7-10H2,(H2,18,21)(H,22,23). The smallest absolute Gasteiger partial charge is 0.407 e. The van der Waals surface area contributed by atoms with Gasteiger partial charge in [-0.1, -0.05) is 0 Å². The quantitative estimate of drug-likeness (QED) is 0.719. The monoisotopic (exact) mass is 381 g/mol. The van der Waals surface area contributed by atoms with Gasteiger partial charge in [-0.2, -0.15) is 0 Å². The highest BCUT2D eigenvalue weighted by Crippen LogP contribution is 2.30. The minimum atomic E-state index is -3.75. The van der Waals surface area contributed by atoms with Crippen LogP contribution in [0.4, 0.5) is 4.79 Å². The van der Waals surface area contributed by atoms with Gasteiger partial charge in [0.15, 0.2) is 0 Å². The molecular formula is C17H23N3O5S. The van der Waals surface area contributed by atoms with Crippen molar-refractivity contribution in [3.63, 3.8) is 0 Å². The lowest BCUT2D eigenvalue weighted by atomic mass is 9.88. The molecule has 2 amide bonds. The van der Waals surface area contributed by atoms with Crippen LogP contribution in [0.3, 0.4) is 0 Å². The van der Waals surface area contributed by atoms with E-state index in [0.717, 1.165) is 18.4 Å². The van der Waals surface area contributed by atoms with Crippen LogP contribution in [0.5, 0.6) is 0 Å². The van der Waals surface area contributed by atoms with Crippen molar-refractivity contribution in [2.75, 3.05) is 13.1 Å². The molecule has 1 saturated heterocycles. The van der Waals surface area contributed by atoms with Crippen LogP contribution in [0, 0.1) is 0 Å². The minimum absolute atomic E-state index is 0.206. The maximum atomic E-state index is 12.9. The van der Waals surface area contributed by atoms with Gasteiger partial charge >= 0.3 is 6.09 Å². The van der Waals surface area contributed by atoms with Crippen LogP contribution in [-0.4, -0.2) is 49.6 Å². The van der Waals surface area contributed by atoms with Crippen molar-refractivity contribution >= 4 is 22.0 Å². The average molecular weight is 381 g/mol. The van der Waals surface area contributed by atoms with Crippen LogP contribution < -0.4 is 10.5 Å². The number of nitrogens with one attached hydrogen (secondary N) is 1. The van der Waals surface area contributed by atoms with E-state index in [1.807, 2.05) is 0 Å². The lowest BCUT2D eigenvalue weighted by Gasteiger charge is -2.30. The van der Waals surface area contributed by atoms with E-state index in [-0.39, 0.29) is 10.9 Å². The number of amides is 2. The summed E-state index contributed by atoms with van der Waals surface area (Å²) >= 11 is 0. The number of hydrogen-bond acceptors (Lipinski definition) is 4. The molecule has 0 spiro atoms. The number of nitrogens with two attached hydrogens (primary N) is 1. The normalized spacial score (nSPS) is 18.4. The molecule has 1 aromatic rings. The summed E-state index contributed by atoms with van der Waals surface area (Å²) in [6.07, 6.45) is 2.91. The summed E-state index contributed by atoms with van der Waals surface area (Å²) in [7, 11) is -3.75. The molecule has 0 radical (unpaired) electrons. The number of piperidine rings is 1. The molecule has 142 valence electrons. The maximum Gasteiger partial charge on any atom is 0.407 e. The van der Waals surface area contributed by atoms with Gasteiger partial charge in [0.05, 0.1) is 4.90 Å². The Morgan fingerprint density at radius 2 is 1.73 bits per heavy atom. The molecule has 8 nitrogen and oxygen atoms in total. The number of carbonyl (C=O) groups is 2. The summed E-state index contributed by atoms with van der Waals surface area (Å²) in [5.41, 5.74) is 7.25. The van der Waals surface area contributed by atoms with E-state index < -0.39 is 22.0 Å². The van der Waals surface area contributed by atoms with Gasteiger partial charge in [0.25, 0.3) is 0 Å². The van der Waals surface area contributed by atoms with Gasteiger partial charge in [0.1, 0.15) is 0 Å². The second-order valence-corrected chi connectivity index (χ2v) is 8.49. The van der Waals surface area contributed by atoms with E-state index in [4.69, 9.17) is 10.8 Å². The molecule has 0 aromatic heterocycles. The van der Waals surface area contributed by atoms with Crippen LogP contribution >= 0.6 is 0 Å². The van der Waals surface area contributed by atoms with Crippen molar-refractivity contribution < 1.29 is 23.1 Å². The Morgan fingerprint density at radius 3 is 2.31 bits per heavy atom. The first kappa shape index (κ1) is 18.7. The molecule has 1 heterocycles. The lowest BCUT2D eigenvalue weighted by molar-refractivity contribution is 0.0998. The van der Waals surface area contributed by atoms with Gasteiger partial charge in [0.2, 0.25) is 15.9 Å². The summed E-state index contributed by atoms with van der Waals surface area (Å²) in [4.78, 5) is 24.1. The zero-order valence-corrected chi connectivity index (χ0v) is 15.2. The van der Waals surface area contributed by atoms with E-state index in [1.165, 1.54) is 17.0 Å². The Balaban J connectivity index is 1.84. The zero-order valence-electron chi connectivity index (χ0n) is 14.4. The predicted molar refractivity (Wildman–Crippen MR) is 94.5 cm³/mol. The number of nitrogens with zero attached hydrogens (tertiary/aromatic N) is 1. The van der Waals surface area contributed by atoms with Crippen LogP contribution in [0.2, 0.25) is 0 Å². The number of fused-ring (bicyclic) bond motifs is 1. The third-order valence-corrected chi connectivity index (χ3v) is 6.74. The van der Waals surface area contributed by atoms with Gasteiger partial charge in [-0.05, 0) is 61.8 Å². The first-order valence-corrected chi connectivity index (χ1v) is 10.2. The first-order chi connectivity index (χ1) is 12.3. The fourth-order valence-corrected chi connectivity index (χ4v) is 5.39. The maximum absolute atomic E-state index is 12.9. The molecule has 4 N–H and O–H groups in total. The third kappa shape index (κ3) is 3.68. The molecule has 0 atom stereocenters. The van der Waals surface area contributed by atoms with E-state index in [9.17, 15) is 18.0 Å². The topological polar surface area (TPSA) is 130 Å². The molecule has 9 heteroatoms. The van der Waals surface area contributed by atoms with Gasteiger partial charge in [-0.15, -0.1) is 0 Å². The van der Waals surface area contributed by atoms with Crippen LogP contribution in [-0.2, 0) is 22.9 Å². The lowest BCUT2D eigenvalue weighted by Crippen LogP contribution is -2.46. The van der Waals surface area contributed by atoms with E-state index in [1.54, 1.807) is 0 Å². The highest BCUT2D eigenvalue weighted by Gasteiger charge is 2.30. The van der Waals surface area contributed by atoms with Crippen LogP contribution in [0.25, 0.3) is 0 Å². The average Bonchev–Trinajstić information content (AvgIpc) is 2.60. The molecular weight excluding hydrogens is 358 g/mol. The number of benzene rings is 1. The Labute approximate surface area is 152 Å². The molecule has 2 aliphatic rings. The fraction of sp³-hybridized carbons (Fsp3) is 0.529. The van der Waals surface area contributed by atoms with Gasteiger partial charge < -0.3 is 15.7 Å². The van der Waals surface area contributed by atoms with E-state index >= 15 is 0 Å². The Kier molecular flexibility index (Phi) is 5.19. The Bertz CT molecular complexity index is 829. The number of carbonyl (C=O) groups excluding carboxylic acids is 1. The van der Waals surface area contributed by atoms with Crippen molar-refractivity contribution in [3.05, 3.63) is 28.8 Å². The molecule has 26 heavy (non-hydrogen) atoms. The largest absolute Gasteiger partial charge is 0.465 e. The SMILES string of the molecule is NC(=O)c1ccc(S(=O)(=O)NC2CCN(C(=O)O)CC2)c2c1CCCC2. The summed E-state index contributed by atoms with van der Waals surface area (Å²) < 4.78 is 28.5. The summed E-state index contributed by atoms with van der Waals surface area (Å²) in [6, 6.07) is 2.65. The van der Waals surface area contributed by atoms with Gasteiger partial charge in [-0.3, -0.25) is 4.79 Å². The highest BCUT2D eigenvalue weighted by atomic mass is 32.2. The van der Waals surface area contributed by atoms with Crippen LogP contribution in [0.15, 0.2) is 17.0 Å². The molecule has 3 rings (SSSR count). The van der Waals surface area contributed by atoms with Crippen molar-refractivity contribution in [1.29, 1.82) is 0 Å². The third-order valence-electron chi connectivity index (χ3n) is 5.13. The number of hydrogen-bond donors (Lipinski definition) is 3. The fourth-order valence-electron chi connectivity index (χ4n) is 3.79. The molecule has 0 unspecified atom stereocenters. The molecule has 0 bridgehead atoms.